The molecule has 0 unspecified atom stereocenters. The van der Waals surface area contributed by atoms with Gasteiger partial charge in [0.25, 0.3) is 0 Å². The molecule has 2 amide bonds. The molecule has 8 nitrogen and oxygen atoms in total. The first-order chi connectivity index (χ1) is 19.6. The minimum Gasteiger partial charge on any atom is -0.497 e. The Balaban J connectivity index is 1.84. The number of hydrogen-bond donors (Lipinski definition) is 1. The molecule has 3 aromatic rings. The molecule has 0 heterocycles. The summed E-state index contributed by atoms with van der Waals surface area (Å²) in [5, 5.41) is 3.01. The van der Waals surface area contributed by atoms with Crippen molar-refractivity contribution in [2.45, 2.75) is 50.6 Å². The van der Waals surface area contributed by atoms with Crippen LogP contribution in [-0.4, -0.2) is 62.7 Å². The molecule has 0 spiro atoms. The Bertz CT molecular complexity index is 1360. The van der Waals surface area contributed by atoms with Gasteiger partial charge in [-0.1, -0.05) is 74.5 Å². The van der Waals surface area contributed by atoms with Gasteiger partial charge in [-0.3, -0.25) is 9.59 Å². The third-order valence-corrected chi connectivity index (χ3v) is 8.63. The number of carbonyl (C=O) groups excluding carboxylic acids is 2. The molecule has 1 N–H and O–H groups in total. The van der Waals surface area contributed by atoms with Crippen molar-refractivity contribution in [3.63, 3.8) is 0 Å². The van der Waals surface area contributed by atoms with Crippen molar-refractivity contribution < 1.29 is 22.7 Å². The van der Waals surface area contributed by atoms with Crippen LogP contribution < -0.4 is 10.1 Å². The van der Waals surface area contributed by atoms with E-state index in [0.717, 1.165) is 11.1 Å². The number of benzene rings is 3. The van der Waals surface area contributed by atoms with Crippen molar-refractivity contribution >= 4 is 21.8 Å². The molecular formula is C32H41N3O5S. The van der Waals surface area contributed by atoms with E-state index >= 15 is 0 Å². The minimum atomic E-state index is -3.67. The summed E-state index contributed by atoms with van der Waals surface area (Å²) >= 11 is 0. The van der Waals surface area contributed by atoms with E-state index in [4.69, 9.17) is 4.74 Å². The maximum Gasteiger partial charge on any atom is 0.243 e. The lowest BCUT2D eigenvalue weighted by Crippen LogP contribution is -2.51. The second kappa shape index (κ2) is 15.3. The van der Waals surface area contributed by atoms with E-state index in [0.29, 0.717) is 25.1 Å². The maximum atomic E-state index is 13.8. The molecule has 0 saturated heterocycles. The number of hydrogen-bond acceptors (Lipinski definition) is 5. The zero-order chi connectivity index (χ0) is 29.8. The molecule has 0 fully saturated rings. The molecular weight excluding hydrogens is 538 g/mol. The third kappa shape index (κ3) is 9.43. The van der Waals surface area contributed by atoms with Gasteiger partial charge in [0.1, 0.15) is 11.8 Å². The lowest BCUT2D eigenvalue weighted by molar-refractivity contribution is -0.141. The molecule has 0 aliphatic heterocycles. The van der Waals surface area contributed by atoms with E-state index in [1.54, 1.807) is 42.3 Å². The Kier molecular flexibility index (Phi) is 11.9. The van der Waals surface area contributed by atoms with Gasteiger partial charge in [0.15, 0.2) is 0 Å². The minimum absolute atomic E-state index is 0.0847. The van der Waals surface area contributed by atoms with Gasteiger partial charge in [-0.2, -0.15) is 0 Å². The van der Waals surface area contributed by atoms with Gasteiger partial charge in [-0.05, 0) is 47.7 Å². The highest BCUT2D eigenvalue weighted by atomic mass is 32.2. The van der Waals surface area contributed by atoms with Crippen LogP contribution in [0.25, 0.3) is 0 Å². The van der Waals surface area contributed by atoms with Gasteiger partial charge in [-0.15, -0.1) is 0 Å². The Hall–Kier alpha value is -3.69. The average Bonchev–Trinajstić information content (AvgIpc) is 2.98. The normalized spacial score (nSPS) is 12.2. The van der Waals surface area contributed by atoms with E-state index in [1.165, 1.54) is 11.4 Å². The molecule has 1 atom stereocenters. The van der Waals surface area contributed by atoms with Crippen molar-refractivity contribution in [3.8, 4) is 5.75 Å². The van der Waals surface area contributed by atoms with Gasteiger partial charge in [-0.25, -0.2) is 12.7 Å². The zero-order valence-corrected chi connectivity index (χ0v) is 25.1. The Morgan fingerprint density at radius 1 is 0.902 bits per heavy atom. The van der Waals surface area contributed by atoms with Crippen molar-refractivity contribution in [1.29, 1.82) is 0 Å². The average molecular weight is 580 g/mol. The number of nitrogens with one attached hydrogen (secondary N) is 1. The van der Waals surface area contributed by atoms with Crippen molar-refractivity contribution in [2.75, 3.05) is 27.2 Å². The first-order valence-corrected chi connectivity index (χ1v) is 15.3. The summed E-state index contributed by atoms with van der Waals surface area (Å²) in [5.41, 5.74) is 1.77. The van der Waals surface area contributed by atoms with Gasteiger partial charge in [0, 0.05) is 39.5 Å². The van der Waals surface area contributed by atoms with E-state index in [9.17, 15) is 18.0 Å². The van der Waals surface area contributed by atoms with Crippen LogP contribution in [-0.2, 0) is 32.6 Å². The predicted molar refractivity (Wildman–Crippen MR) is 161 cm³/mol. The lowest BCUT2D eigenvalue weighted by atomic mass is 10.0. The first-order valence-electron chi connectivity index (χ1n) is 13.9. The Morgan fingerprint density at radius 2 is 1.54 bits per heavy atom. The molecule has 0 aromatic heterocycles. The second-order valence-corrected chi connectivity index (χ2v) is 12.5. The molecule has 0 aliphatic rings. The van der Waals surface area contributed by atoms with Gasteiger partial charge in [0.2, 0.25) is 21.8 Å². The summed E-state index contributed by atoms with van der Waals surface area (Å²) in [7, 11) is -0.574. The van der Waals surface area contributed by atoms with Crippen LogP contribution in [0.2, 0.25) is 0 Å². The number of amides is 2. The van der Waals surface area contributed by atoms with Crippen molar-refractivity contribution in [3.05, 3.63) is 96.1 Å². The largest absolute Gasteiger partial charge is 0.497 e. The molecule has 3 aromatic carbocycles. The van der Waals surface area contributed by atoms with Gasteiger partial charge >= 0.3 is 0 Å². The topological polar surface area (TPSA) is 96.0 Å². The summed E-state index contributed by atoms with van der Waals surface area (Å²) in [6, 6.07) is 24.5. The van der Waals surface area contributed by atoms with Crippen molar-refractivity contribution in [2.24, 2.45) is 5.92 Å². The van der Waals surface area contributed by atoms with Gasteiger partial charge < -0.3 is 15.0 Å². The molecule has 0 saturated carbocycles. The van der Waals surface area contributed by atoms with E-state index in [-0.39, 0.29) is 42.1 Å². The molecule has 220 valence electrons. The molecule has 41 heavy (non-hydrogen) atoms. The van der Waals surface area contributed by atoms with Crippen LogP contribution in [0.4, 0.5) is 0 Å². The number of sulfonamides is 1. The van der Waals surface area contributed by atoms with E-state index < -0.39 is 16.1 Å². The van der Waals surface area contributed by atoms with Crippen molar-refractivity contribution in [1.82, 2.24) is 14.5 Å². The quantitative estimate of drug-likeness (QED) is 0.286. The van der Waals surface area contributed by atoms with E-state index in [1.807, 2.05) is 68.4 Å². The van der Waals surface area contributed by atoms with Crippen LogP contribution in [0.3, 0.4) is 0 Å². The summed E-state index contributed by atoms with van der Waals surface area (Å²) in [4.78, 5) is 29.2. The van der Waals surface area contributed by atoms with Crippen LogP contribution in [0.5, 0.6) is 5.75 Å². The highest BCUT2D eigenvalue weighted by molar-refractivity contribution is 7.89. The number of rotatable bonds is 15. The summed E-state index contributed by atoms with van der Waals surface area (Å²) in [6.45, 7) is 4.91. The fraction of sp³-hybridized carbons (Fsp3) is 0.375. The molecule has 0 bridgehead atoms. The summed E-state index contributed by atoms with van der Waals surface area (Å²) in [5.74, 6) is 0.467. The van der Waals surface area contributed by atoms with Crippen LogP contribution in [0.1, 0.15) is 37.8 Å². The summed E-state index contributed by atoms with van der Waals surface area (Å²) in [6.07, 6.45) is 0.742. The highest BCUT2D eigenvalue weighted by Crippen LogP contribution is 2.20. The van der Waals surface area contributed by atoms with E-state index in [2.05, 4.69) is 5.32 Å². The Labute approximate surface area is 244 Å². The van der Waals surface area contributed by atoms with Crippen LogP contribution in [0, 0.1) is 5.92 Å². The Morgan fingerprint density at radius 3 is 2.17 bits per heavy atom. The fourth-order valence-corrected chi connectivity index (χ4v) is 5.66. The van der Waals surface area contributed by atoms with Crippen LogP contribution in [0.15, 0.2) is 89.8 Å². The second-order valence-electron chi connectivity index (χ2n) is 10.5. The number of ether oxygens (including phenoxy) is 1. The maximum absolute atomic E-state index is 13.8. The molecule has 0 aliphatic carbocycles. The smallest absolute Gasteiger partial charge is 0.243 e. The standard InChI is InChI=1S/C32H41N3O5S/c1-25(2)23-33-32(37)30(22-26-13-7-5-8-14-26)35(24-27-15-11-16-28(21-27)40-4)31(36)19-12-20-34(3)41(38,39)29-17-9-6-10-18-29/h5-11,13-18,21,25,30H,12,19-20,22-24H2,1-4H3,(H,33,37)/t30-/m1/s1. The molecule has 9 heteroatoms. The fourth-order valence-electron chi connectivity index (χ4n) is 4.43. The zero-order valence-electron chi connectivity index (χ0n) is 24.3. The first kappa shape index (κ1) is 31.8. The van der Waals surface area contributed by atoms with Gasteiger partial charge in [0.05, 0.1) is 12.0 Å². The predicted octanol–water partition coefficient (Wildman–Crippen LogP) is 4.51. The number of nitrogens with zero attached hydrogens (tertiary/aromatic N) is 2. The third-order valence-electron chi connectivity index (χ3n) is 6.76. The summed E-state index contributed by atoms with van der Waals surface area (Å²) < 4.78 is 32.5. The SMILES string of the molecule is COc1cccc(CN(C(=O)CCCN(C)S(=O)(=O)c2ccccc2)[C@H](Cc2ccccc2)C(=O)NCC(C)C)c1. The highest BCUT2D eigenvalue weighted by Gasteiger charge is 2.30. The molecule has 3 rings (SSSR count). The number of carbonyl (C=O) groups is 2. The number of methoxy groups -OCH3 is 1. The molecule has 0 radical (unpaired) electrons. The van der Waals surface area contributed by atoms with Crippen LogP contribution >= 0.6 is 0 Å². The lowest BCUT2D eigenvalue weighted by Gasteiger charge is -2.32. The monoisotopic (exact) mass is 579 g/mol.